The summed E-state index contributed by atoms with van der Waals surface area (Å²) in [6.07, 6.45) is 0.599. The Labute approximate surface area is 100 Å². The van der Waals surface area contributed by atoms with Gasteiger partial charge in [-0.1, -0.05) is 0 Å². The summed E-state index contributed by atoms with van der Waals surface area (Å²) in [6, 6.07) is 1.41. The molecule has 0 aliphatic carbocycles. The lowest BCUT2D eigenvalue weighted by Gasteiger charge is -2.24. The summed E-state index contributed by atoms with van der Waals surface area (Å²) in [6.45, 7) is 5.01. The van der Waals surface area contributed by atoms with Gasteiger partial charge in [-0.15, -0.1) is 0 Å². The summed E-state index contributed by atoms with van der Waals surface area (Å²) in [4.78, 5) is 15.4. The van der Waals surface area contributed by atoms with E-state index in [0.717, 1.165) is 0 Å². The fourth-order valence-corrected chi connectivity index (χ4v) is 1.43. The normalized spacial score (nSPS) is 16.5. The van der Waals surface area contributed by atoms with E-state index in [4.69, 9.17) is 15.6 Å². The number of rotatable bonds is 5. The van der Waals surface area contributed by atoms with E-state index in [1.807, 2.05) is 0 Å². The number of aliphatic hydroxyl groups is 1. The first-order valence-electron chi connectivity index (χ1n) is 5.53. The lowest BCUT2D eigenvalue weighted by Crippen LogP contribution is -2.39. The predicted molar refractivity (Wildman–Crippen MR) is 63.6 cm³/mol. The minimum absolute atomic E-state index is 0.184. The molecule has 0 aliphatic heterocycles. The van der Waals surface area contributed by atoms with E-state index in [1.165, 1.54) is 4.57 Å². The van der Waals surface area contributed by atoms with Crippen LogP contribution in [0.25, 0.3) is 0 Å². The second-order valence-corrected chi connectivity index (χ2v) is 4.07. The fourth-order valence-electron chi connectivity index (χ4n) is 1.43. The smallest absolute Gasteiger partial charge is 0.349 e. The highest BCUT2D eigenvalue weighted by molar-refractivity contribution is 4.95. The highest BCUT2D eigenvalue weighted by Gasteiger charge is 2.18. The first kappa shape index (κ1) is 13.8. The molecule has 6 heteroatoms. The van der Waals surface area contributed by atoms with Crippen LogP contribution in [0.4, 0.5) is 0 Å². The van der Waals surface area contributed by atoms with Gasteiger partial charge in [0, 0.05) is 17.9 Å². The van der Waals surface area contributed by atoms with Crippen LogP contribution in [0.2, 0.25) is 0 Å². The maximum absolute atomic E-state index is 11.6. The molecule has 3 N–H and O–H groups in total. The van der Waals surface area contributed by atoms with E-state index in [-0.39, 0.29) is 18.3 Å². The van der Waals surface area contributed by atoms with Crippen molar-refractivity contribution in [2.45, 2.75) is 39.1 Å². The molecule has 1 rings (SSSR count). The zero-order valence-electron chi connectivity index (χ0n) is 10.3. The summed E-state index contributed by atoms with van der Waals surface area (Å²) in [5, 5.41) is 9.10. The summed E-state index contributed by atoms with van der Waals surface area (Å²) >= 11 is 0. The third kappa shape index (κ3) is 3.62. The summed E-state index contributed by atoms with van der Waals surface area (Å²) in [5.74, 6) is 0. The number of hydrogen-bond donors (Lipinski definition) is 2. The Hall–Kier alpha value is -1.24. The molecule has 3 unspecified atom stereocenters. The van der Waals surface area contributed by atoms with Crippen LogP contribution in [0.1, 0.15) is 25.8 Å². The van der Waals surface area contributed by atoms with Gasteiger partial charge in [0.1, 0.15) is 6.23 Å². The van der Waals surface area contributed by atoms with Crippen molar-refractivity contribution < 1.29 is 9.84 Å². The molecular formula is C11H19N3O3. The van der Waals surface area contributed by atoms with Gasteiger partial charge in [-0.2, -0.15) is 4.98 Å². The molecule has 1 aromatic heterocycles. The molecule has 6 nitrogen and oxygen atoms in total. The van der Waals surface area contributed by atoms with Gasteiger partial charge in [-0.3, -0.25) is 4.57 Å². The Morgan fingerprint density at radius 1 is 1.59 bits per heavy atom. The van der Waals surface area contributed by atoms with Crippen LogP contribution in [-0.2, 0) is 4.74 Å². The largest absolute Gasteiger partial charge is 0.394 e. The van der Waals surface area contributed by atoms with Crippen molar-refractivity contribution in [3.8, 4) is 0 Å². The summed E-state index contributed by atoms with van der Waals surface area (Å²) in [5.41, 5.74) is 5.93. The Balaban J connectivity index is 2.82. The number of hydrogen-bond acceptors (Lipinski definition) is 5. The second-order valence-electron chi connectivity index (χ2n) is 4.07. The highest BCUT2D eigenvalue weighted by atomic mass is 16.5. The average Bonchev–Trinajstić information content (AvgIpc) is 2.24. The first-order valence-corrected chi connectivity index (χ1v) is 5.53. The van der Waals surface area contributed by atoms with Crippen molar-refractivity contribution in [1.29, 1.82) is 0 Å². The average molecular weight is 241 g/mol. The van der Waals surface area contributed by atoms with Gasteiger partial charge in [-0.05, 0) is 26.8 Å². The van der Waals surface area contributed by atoms with Crippen LogP contribution in [0.5, 0.6) is 0 Å². The van der Waals surface area contributed by atoms with E-state index in [1.54, 1.807) is 33.0 Å². The molecule has 1 aromatic rings. The number of aryl methyl sites for hydroxylation is 1. The first-order chi connectivity index (χ1) is 7.95. The fraction of sp³-hybridized carbons (Fsp3) is 0.636. The Morgan fingerprint density at radius 2 is 2.24 bits per heavy atom. The standard InChI is InChI=1S/C11H19N3O3/c1-7-4-5-14(11(16)13-7)9(3)17-10(6-15)8(2)12/h4-5,8-10,15H,6,12H2,1-3H3. The molecule has 0 aromatic carbocycles. The van der Waals surface area contributed by atoms with E-state index in [0.29, 0.717) is 5.69 Å². The molecule has 0 spiro atoms. The van der Waals surface area contributed by atoms with Crippen molar-refractivity contribution in [1.82, 2.24) is 9.55 Å². The van der Waals surface area contributed by atoms with E-state index in [9.17, 15) is 4.79 Å². The molecule has 0 radical (unpaired) electrons. The lowest BCUT2D eigenvalue weighted by atomic mass is 10.2. The van der Waals surface area contributed by atoms with Crippen LogP contribution >= 0.6 is 0 Å². The number of nitrogens with zero attached hydrogens (tertiary/aromatic N) is 2. The number of aliphatic hydroxyl groups excluding tert-OH is 1. The van der Waals surface area contributed by atoms with Crippen LogP contribution in [0.3, 0.4) is 0 Å². The summed E-state index contributed by atoms with van der Waals surface area (Å²) < 4.78 is 6.87. The minimum atomic E-state index is -0.515. The molecule has 17 heavy (non-hydrogen) atoms. The van der Waals surface area contributed by atoms with Gasteiger partial charge in [-0.25, -0.2) is 4.79 Å². The van der Waals surface area contributed by atoms with Gasteiger partial charge >= 0.3 is 5.69 Å². The van der Waals surface area contributed by atoms with Gasteiger partial charge in [0.15, 0.2) is 0 Å². The van der Waals surface area contributed by atoms with Crippen molar-refractivity contribution in [3.63, 3.8) is 0 Å². The van der Waals surface area contributed by atoms with Gasteiger partial charge < -0.3 is 15.6 Å². The second kappa shape index (κ2) is 5.90. The van der Waals surface area contributed by atoms with Crippen LogP contribution in [-0.4, -0.2) is 33.4 Å². The zero-order chi connectivity index (χ0) is 13.0. The van der Waals surface area contributed by atoms with Crippen LogP contribution in [0, 0.1) is 6.92 Å². The van der Waals surface area contributed by atoms with Gasteiger partial charge in [0.2, 0.25) is 0 Å². The minimum Gasteiger partial charge on any atom is -0.394 e. The summed E-state index contributed by atoms with van der Waals surface area (Å²) in [7, 11) is 0. The molecule has 0 amide bonds. The van der Waals surface area contributed by atoms with Crippen molar-refractivity contribution in [2.24, 2.45) is 5.73 Å². The molecular weight excluding hydrogens is 222 g/mol. The molecule has 0 saturated carbocycles. The molecule has 96 valence electrons. The molecule has 0 saturated heterocycles. The molecule has 3 atom stereocenters. The Kier molecular flexibility index (Phi) is 4.80. The third-order valence-corrected chi connectivity index (χ3v) is 2.50. The highest BCUT2D eigenvalue weighted by Crippen LogP contribution is 2.09. The van der Waals surface area contributed by atoms with E-state index < -0.39 is 12.3 Å². The maximum atomic E-state index is 11.6. The quantitative estimate of drug-likeness (QED) is 0.744. The van der Waals surface area contributed by atoms with E-state index >= 15 is 0 Å². The van der Waals surface area contributed by atoms with Crippen LogP contribution < -0.4 is 11.4 Å². The number of ether oxygens (including phenoxy) is 1. The third-order valence-electron chi connectivity index (χ3n) is 2.50. The molecule has 0 aliphatic rings. The van der Waals surface area contributed by atoms with Crippen molar-refractivity contribution >= 4 is 0 Å². The monoisotopic (exact) mass is 241 g/mol. The SMILES string of the molecule is Cc1ccn(C(C)OC(CO)C(C)N)c(=O)n1. The van der Waals surface area contributed by atoms with Gasteiger partial charge in [0.25, 0.3) is 0 Å². The predicted octanol–water partition coefficient (Wildman–Crippen LogP) is -0.205. The van der Waals surface area contributed by atoms with Crippen LogP contribution in [0.15, 0.2) is 17.1 Å². The molecule has 0 bridgehead atoms. The maximum Gasteiger partial charge on any atom is 0.349 e. The number of aromatic nitrogens is 2. The Bertz CT molecular complexity index is 417. The van der Waals surface area contributed by atoms with E-state index in [2.05, 4.69) is 4.98 Å². The Morgan fingerprint density at radius 3 is 2.71 bits per heavy atom. The topological polar surface area (TPSA) is 90.4 Å². The zero-order valence-corrected chi connectivity index (χ0v) is 10.3. The molecule has 1 heterocycles. The lowest BCUT2D eigenvalue weighted by molar-refractivity contribution is -0.0752. The van der Waals surface area contributed by atoms with Crippen molar-refractivity contribution in [3.05, 3.63) is 28.4 Å². The van der Waals surface area contributed by atoms with Crippen molar-refractivity contribution in [2.75, 3.05) is 6.61 Å². The van der Waals surface area contributed by atoms with Gasteiger partial charge in [0.05, 0.1) is 12.7 Å². The number of nitrogens with two attached hydrogens (primary N) is 1. The molecule has 0 fully saturated rings.